The largest absolute Gasteiger partial charge is 0.486 e. The number of hydrogen-bond acceptors (Lipinski definition) is 4. The summed E-state index contributed by atoms with van der Waals surface area (Å²) in [5, 5.41) is 0. The SMILES string of the molecule is CC(C)(C)OC(=O)N1CCC(c2cccc3c2OCCO3)CC1. The number of hydrogen-bond donors (Lipinski definition) is 0. The van der Waals surface area contributed by atoms with Gasteiger partial charge in [-0.25, -0.2) is 4.79 Å². The van der Waals surface area contributed by atoms with E-state index in [4.69, 9.17) is 14.2 Å². The van der Waals surface area contributed by atoms with Crippen molar-refractivity contribution in [2.75, 3.05) is 26.3 Å². The molecule has 1 saturated heterocycles. The Morgan fingerprint density at radius 3 is 2.57 bits per heavy atom. The van der Waals surface area contributed by atoms with Gasteiger partial charge in [0.15, 0.2) is 11.5 Å². The van der Waals surface area contributed by atoms with Crippen molar-refractivity contribution in [1.29, 1.82) is 0 Å². The summed E-state index contributed by atoms with van der Waals surface area (Å²) in [6.45, 7) is 8.31. The van der Waals surface area contributed by atoms with Gasteiger partial charge in [-0.2, -0.15) is 0 Å². The van der Waals surface area contributed by atoms with E-state index in [9.17, 15) is 4.79 Å². The van der Waals surface area contributed by atoms with Crippen LogP contribution in [0.2, 0.25) is 0 Å². The molecule has 3 rings (SSSR count). The van der Waals surface area contributed by atoms with Gasteiger partial charge in [0.2, 0.25) is 0 Å². The molecule has 0 N–H and O–H groups in total. The molecule has 1 fully saturated rings. The smallest absolute Gasteiger partial charge is 0.410 e. The van der Waals surface area contributed by atoms with Gasteiger partial charge in [0, 0.05) is 18.7 Å². The van der Waals surface area contributed by atoms with Crippen LogP contribution in [0.15, 0.2) is 18.2 Å². The first-order chi connectivity index (χ1) is 10.9. The molecule has 2 aliphatic heterocycles. The molecule has 0 aromatic heterocycles. The number of piperidine rings is 1. The summed E-state index contributed by atoms with van der Waals surface area (Å²) in [6.07, 6.45) is 1.61. The van der Waals surface area contributed by atoms with Crippen LogP contribution in [0.5, 0.6) is 11.5 Å². The molecule has 5 heteroatoms. The van der Waals surface area contributed by atoms with Crippen LogP contribution in [-0.2, 0) is 4.74 Å². The molecule has 0 radical (unpaired) electrons. The highest BCUT2D eigenvalue weighted by Crippen LogP contribution is 2.41. The van der Waals surface area contributed by atoms with E-state index in [1.54, 1.807) is 4.90 Å². The molecular formula is C18H25NO4. The van der Waals surface area contributed by atoms with Gasteiger partial charge >= 0.3 is 6.09 Å². The van der Waals surface area contributed by atoms with Crippen LogP contribution in [0.4, 0.5) is 4.79 Å². The Balaban J connectivity index is 1.65. The van der Waals surface area contributed by atoms with E-state index in [1.807, 2.05) is 32.9 Å². The molecule has 1 amide bonds. The third-order valence-electron chi connectivity index (χ3n) is 4.18. The predicted molar refractivity (Wildman–Crippen MR) is 87.2 cm³/mol. The predicted octanol–water partition coefficient (Wildman–Crippen LogP) is 3.57. The zero-order chi connectivity index (χ0) is 16.4. The molecule has 0 unspecified atom stereocenters. The van der Waals surface area contributed by atoms with Crippen molar-refractivity contribution in [3.05, 3.63) is 23.8 Å². The molecule has 126 valence electrons. The lowest BCUT2D eigenvalue weighted by Crippen LogP contribution is -2.41. The number of nitrogens with zero attached hydrogens (tertiary/aromatic N) is 1. The monoisotopic (exact) mass is 319 g/mol. The van der Waals surface area contributed by atoms with Crippen LogP contribution in [0.25, 0.3) is 0 Å². The molecule has 5 nitrogen and oxygen atoms in total. The van der Waals surface area contributed by atoms with E-state index < -0.39 is 5.60 Å². The number of amides is 1. The normalized spacial score (nSPS) is 18.7. The van der Waals surface area contributed by atoms with Crippen LogP contribution in [0.3, 0.4) is 0 Å². The first-order valence-electron chi connectivity index (χ1n) is 8.30. The number of carbonyl (C=O) groups excluding carboxylic acids is 1. The van der Waals surface area contributed by atoms with Gasteiger partial charge in [-0.3, -0.25) is 0 Å². The lowest BCUT2D eigenvalue weighted by molar-refractivity contribution is 0.0204. The molecule has 0 aliphatic carbocycles. The summed E-state index contributed by atoms with van der Waals surface area (Å²) in [4.78, 5) is 13.9. The van der Waals surface area contributed by atoms with Crippen molar-refractivity contribution in [3.63, 3.8) is 0 Å². The Morgan fingerprint density at radius 1 is 1.17 bits per heavy atom. The highest BCUT2D eigenvalue weighted by Gasteiger charge is 2.30. The lowest BCUT2D eigenvalue weighted by Gasteiger charge is -2.34. The third kappa shape index (κ3) is 3.71. The fourth-order valence-corrected chi connectivity index (χ4v) is 3.12. The third-order valence-corrected chi connectivity index (χ3v) is 4.18. The van der Waals surface area contributed by atoms with Gasteiger partial charge in [0.1, 0.15) is 18.8 Å². The van der Waals surface area contributed by atoms with Crippen LogP contribution >= 0.6 is 0 Å². The number of benzene rings is 1. The van der Waals surface area contributed by atoms with Crippen molar-refractivity contribution >= 4 is 6.09 Å². The maximum Gasteiger partial charge on any atom is 0.410 e. The molecule has 1 aromatic rings. The van der Waals surface area contributed by atoms with E-state index in [0.29, 0.717) is 32.2 Å². The highest BCUT2D eigenvalue weighted by molar-refractivity contribution is 5.68. The van der Waals surface area contributed by atoms with Crippen molar-refractivity contribution in [2.24, 2.45) is 0 Å². The Hall–Kier alpha value is -1.91. The van der Waals surface area contributed by atoms with E-state index in [0.717, 1.165) is 24.3 Å². The Labute approximate surface area is 137 Å². The molecule has 1 aromatic carbocycles. The average Bonchev–Trinajstić information content (AvgIpc) is 2.53. The fourth-order valence-electron chi connectivity index (χ4n) is 3.12. The zero-order valence-corrected chi connectivity index (χ0v) is 14.1. The van der Waals surface area contributed by atoms with Crippen molar-refractivity contribution in [3.8, 4) is 11.5 Å². The molecule has 0 spiro atoms. The molecule has 0 atom stereocenters. The summed E-state index contributed by atoms with van der Waals surface area (Å²) in [5.74, 6) is 2.11. The number of rotatable bonds is 1. The fraction of sp³-hybridized carbons (Fsp3) is 0.611. The van der Waals surface area contributed by atoms with Crippen LogP contribution in [-0.4, -0.2) is 42.9 Å². The molecule has 0 saturated carbocycles. The number of para-hydroxylation sites is 1. The van der Waals surface area contributed by atoms with E-state index >= 15 is 0 Å². The van der Waals surface area contributed by atoms with E-state index in [-0.39, 0.29) is 6.09 Å². The Kier molecular flexibility index (Phi) is 4.37. The summed E-state index contributed by atoms with van der Waals surface area (Å²) >= 11 is 0. The summed E-state index contributed by atoms with van der Waals surface area (Å²) < 4.78 is 16.9. The van der Waals surface area contributed by atoms with Crippen molar-refractivity contribution in [1.82, 2.24) is 4.90 Å². The van der Waals surface area contributed by atoms with E-state index in [1.165, 1.54) is 5.56 Å². The quantitative estimate of drug-likeness (QED) is 0.794. The maximum atomic E-state index is 12.1. The zero-order valence-electron chi connectivity index (χ0n) is 14.1. The topological polar surface area (TPSA) is 48.0 Å². The second-order valence-corrected chi connectivity index (χ2v) is 7.11. The number of fused-ring (bicyclic) bond motifs is 1. The van der Waals surface area contributed by atoms with Crippen molar-refractivity contribution in [2.45, 2.75) is 45.1 Å². The highest BCUT2D eigenvalue weighted by atomic mass is 16.6. The maximum absolute atomic E-state index is 12.1. The lowest BCUT2D eigenvalue weighted by atomic mass is 9.88. The molecule has 23 heavy (non-hydrogen) atoms. The second-order valence-electron chi connectivity index (χ2n) is 7.11. The second kappa shape index (κ2) is 6.30. The summed E-state index contributed by atoms with van der Waals surface area (Å²) in [5.41, 5.74) is 0.753. The minimum absolute atomic E-state index is 0.217. The van der Waals surface area contributed by atoms with Crippen LogP contribution in [0, 0.1) is 0 Å². The first kappa shape index (κ1) is 16.0. The van der Waals surface area contributed by atoms with Crippen LogP contribution < -0.4 is 9.47 Å². The first-order valence-corrected chi connectivity index (χ1v) is 8.30. The number of carbonyl (C=O) groups is 1. The van der Waals surface area contributed by atoms with Gasteiger partial charge in [0.25, 0.3) is 0 Å². The standard InChI is InChI=1S/C18H25NO4/c1-18(2,3)23-17(20)19-9-7-13(8-10-19)14-5-4-6-15-16(14)22-12-11-21-15/h4-6,13H,7-12H2,1-3H3. The summed E-state index contributed by atoms with van der Waals surface area (Å²) in [6, 6.07) is 6.08. The Bertz CT molecular complexity index is 571. The minimum Gasteiger partial charge on any atom is -0.486 e. The minimum atomic E-state index is -0.447. The Morgan fingerprint density at radius 2 is 1.87 bits per heavy atom. The average molecular weight is 319 g/mol. The molecular weight excluding hydrogens is 294 g/mol. The molecule has 2 heterocycles. The van der Waals surface area contributed by atoms with Crippen molar-refractivity contribution < 1.29 is 19.0 Å². The van der Waals surface area contributed by atoms with Gasteiger partial charge in [0.05, 0.1) is 0 Å². The van der Waals surface area contributed by atoms with Gasteiger partial charge in [-0.15, -0.1) is 0 Å². The van der Waals surface area contributed by atoms with Crippen LogP contribution in [0.1, 0.15) is 45.1 Å². The molecule has 2 aliphatic rings. The van der Waals surface area contributed by atoms with Gasteiger partial charge in [-0.1, -0.05) is 12.1 Å². The molecule has 0 bridgehead atoms. The van der Waals surface area contributed by atoms with Gasteiger partial charge < -0.3 is 19.1 Å². The van der Waals surface area contributed by atoms with Gasteiger partial charge in [-0.05, 0) is 45.6 Å². The van der Waals surface area contributed by atoms with E-state index in [2.05, 4.69) is 6.07 Å². The number of likely N-dealkylation sites (tertiary alicyclic amines) is 1. The summed E-state index contributed by atoms with van der Waals surface area (Å²) in [7, 11) is 0. The number of ether oxygens (including phenoxy) is 3.